The van der Waals surface area contributed by atoms with Gasteiger partial charge in [0, 0.05) is 20.1 Å². The van der Waals surface area contributed by atoms with E-state index >= 15 is 0 Å². The molecule has 4 heteroatoms. The molecule has 0 spiro atoms. The predicted octanol–water partition coefficient (Wildman–Crippen LogP) is 4.02. The van der Waals surface area contributed by atoms with Gasteiger partial charge in [0.1, 0.15) is 5.82 Å². The van der Waals surface area contributed by atoms with Crippen molar-refractivity contribution in [3.05, 3.63) is 5.69 Å². The standard InChI is InChI=1S/C17H34N4/c1-12(2)8-10-21(11-9-13(3)4)17-15(18)16(14(5)6)19-20(17)7/h12-14H,8-11,18H2,1-7H3. The van der Waals surface area contributed by atoms with Crippen LogP contribution in [-0.4, -0.2) is 22.9 Å². The number of nitrogens with two attached hydrogens (primary N) is 1. The molecule has 1 rings (SSSR count). The van der Waals surface area contributed by atoms with Crippen molar-refractivity contribution in [2.45, 2.75) is 60.3 Å². The van der Waals surface area contributed by atoms with E-state index in [2.05, 4.69) is 51.5 Å². The lowest BCUT2D eigenvalue weighted by Crippen LogP contribution is -2.30. The average Bonchev–Trinajstić information content (AvgIpc) is 2.65. The molecule has 1 aromatic rings. The molecule has 1 aromatic heterocycles. The van der Waals surface area contributed by atoms with Crippen LogP contribution in [0.3, 0.4) is 0 Å². The monoisotopic (exact) mass is 294 g/mol. The molecule has 2 N–H and O–H groups in total. The zero-order valence-corrected chi connectivity index (χ0v) is 15.0. The molecule has 0 aliphatic rings. The summed E-state index contributed by atoms with van der Waals surface area (Å²) in [5, 5.41) is 4.63. The van der Waals surface area contributed by atoms with Crippen LogP contribution in [0.4, 0.5) is 11.5 Å². The first kappa shape index (κ1) is 17.9. The third-order valence-corrected chi connectivity index (χ3v) is 3.88. The molecule has 21 heavy (non-hydrogen) atoms. The Labute approximate surface area is 130 Å². The van der Waals surface area contributed by atoms with Crippen molar-refractivity contribution in [3.8, 4) is 0 Å². The quantitative estimate of drug-likeness (QED) is 0.787. The first-order valence-electron chi connectivity index (χ1n) is 8.31. The van der Waals surface area contributed by atoms with Crippen LogP contribution in [0.15, 0.2) is 0 Å². The van der Waals surface area contributed by atoms with Crippen molar-refractivity contribution in [2.75, 3.05) is 23.7 Å². The van der Waals surface area contributed by atoms with Crippen molar-refractivity contribution >= 4 is 11.5 Å². The number of aryl methyl sites for hydroxylation is 1. The number of aromatic nitrogens is 2. The number of nitrogens with zero attached hydrogens (tertiary/aromatic N) is 3. The lowest BCUT2D eigenvalue weighted by Gasteiger charge is -2.27. The highest BCUT2D eigenvalue weighted by Crippen LogP contribution is 2.31. The van der Waals surface area contributed by atoms with Crippen LogP contribution in [-0.2, 0) is 7.05 Å². The normalized spacial score (nSPS) is 11.9. The summed E-state index contributed by atoms with van der Waals surface area (Å²) in [6.45, 7) is 15.5. The largest absolute Gasteiger partial charge is 0.394 e. The second-order valence-corrected chi connectivity index (χ2v) is 7.25. The van der Waals surface area contributed by atoms with E-state index in [-0.39, 0.29) is 0 Å². The summed E-state index contributed by atoms with van der Waals surface area (Å²) in [6.07, 6.45) is 2.36. The summed E-state index contributed by atoms with van der Waals surface area (Å²) < 4.78 is 1.96. The molecule has 0 aromatic carbocycles. The molecule has 0 fully saturated rings. The van der Waals surface area contributed by atoms with Crippen molar-refractivity contribution < 1.29 is 0 Å². The smallest absolute Gasteiger partial charge is 0.150 e. The van der Waals surface area contributed by atoms with Gasteiger partial charge in [0.2, 0.25) is 0 Å². The van der Waals surface area contributed by atoms with E-state index in [1.807, 2.05) is 11.7 Å². The van der Waals surface area contributed by atoms with Crippen LogP contribution >= 0.6 is 0 Å². The van der Waals surface area contributed by atoms with Gasteiger partial charge in [-0.15, -0.1) is 0 Å². The first-order chi connectivity index (χ1) is 9.73. The lowest BCUT2D eigenvalue weighted by atomic mass is 10.1. The molecule has 4 nitrogen and oxygen atoms in total. The van der Waals surface area contributed by atoms with E-state index in [0.29, 0.717) is 17.8 Å². The van der Waals surface area contributed by atoms with E-state index in [9.17, 15) is 0 Å². The Morgan fingerprint density at radius 2 is 1.48 bits per heavy atom. The van der Waals surface area contributed by atoms with E-state index in [0.717, 1.165) is 30.3 Å². The maximum atomic E-state index is 6.39. The molecule has 0 atom stereocenters. The highest BCUT2D eigenvalue weighted by atomic mass is 15.4. The second kappa shape index (κ2) is 7.71. The Morgan fingerprint density at radius 3 is 1.81 bits per heavy atom. The summed E-state index contributed by atoms with van der Waals surface area (Å²) in [5.74, 6) is 2.86. The topological polar surface area (TPSA) is 47.1 Å². The van der Waals surface area contributed by atoms with Crippen molar-refractivity contribution in [2.24, 2.45) is 18.9 Å². The first-order valence-corrected chi connectivity index (χ1v) is 8.31. The number of hydrogen-bond donors (Lipinski definition) is 1. The zero-order chi connectivity index (χ0) is 16.2. The van der Waals surface area contributed by atoms with Crippen molar-refractivity contribution in [1.82, 2.24) is 9.78 Å². The van der Waals surface area contributed by atoms with Gasteiger partial charge in [-0.3, -0.25) is 4.68 Å². The molecular weight excluding hydrogens is 260 g/mol. The zero-order valence-electron chi connectivity index (χ0n) is 15.0. The minimum atomic E-state index is 0.363. The molecule has 0 unspecified atom stereocenters. The van der Waals surface area contributed by atoms with Gasteiger partial charge in [0.15, 0.2) is 0 Å². The van der Waals surface area contributed by atoms with Gasteiger partial charge in [-0.2, -0.15) is 5.10 Å². The highest BCUT2D eigenvalue weighted by molar-refractivity contribution is 5.67. The average molecular weight is 294 g/mol. The van der Waals surface area contributed by atoms with Gasteiger partial charge < -0.3 is 10.6 Å². The van der Waals surface area contributed by atoms with Crippen molar-refractivity contribution in [1.29, 1.82) is 0 Å². The van der Waals surface area contributed by atoms with Gasteiger partial charge in [-0.05, 0) is 30.6 Å². The third-order valence-electron chi connectivity index (χ3n) is 3.88. The Hall–Kier alpha value is -1.19. The molecule has 0 radical (unpaired) electrons. The van der Waals surface area contributed by atoms with Gasteiger partial charge in [0.25, 0.3) is 0 Å². The Morgan fingerprint density at radius 1 is 1.00 bits per heavy atom. The fourth-order valence-electron chi connectivity index (χ4n) is 2.50. The van der Waals surface area contributed by atoms with E-state index < -0.39 is 0 Å². The minimum Gasteiger partial charge on any atom is -0.394 e. The van der Waals surface area contributed by atoms with Crippen LogP contribution in [0.25, 0.3) is 0 Å². The van der Waals surface area contributed by atoms with Crippen molar-refractivity contribution in [3.63, 3.8) is 0 Å². The van der Waals surface area contributed by atoms with Crippen LogP contribution in [0, 0.1) is 11.8 Å². The van der Waals surface area contributed by atoms with E-state index in [4.69, 9.17) is 5.73 Å². The van der Waals surface area contributed by atoms with Gasteiger partial charge >= 0.3 is 0 Å². The van der Waals surface area contributed by atoms with Gasteiger partial charge in [-0.25, -0.2) is 0 Å². The second-order valence-electron chi connectivity index (χ2n) is 7.25. The summed E-state index contributed by atoms with van der Waals surface area (Å²) in [4.78, 5) is 2.42. The molecule has 0 saturated heterocycles. The highest BCUT2D eigenvalue weighted by Gasteiger charge is 2.21. The summed E-state index contributed by atoms with van der Waals surface area (Å²) in [6, 6.07) is 0. The summed E-state index contributed by atoms with van der Waals surface area (Å²) >= 11 is 0. The maximum absolute atomic E-state index is 6.39. The van der Waals surface area contributed by atoms with E-state index in [1.165, 1.54) is 12.8 Å². The van der Waals surface area contributed by atoms with E-state index in [1.54, 1.807) is 0 Å². The van der Waals surface area contributed by atoms with Gasteiger partial charge in [-0.1, -0.05) is 41.5 Å². The Balaban J connectivity index is 3.00. The van der Waals surface area contributed by atoms with Gasteiger partial charge in [0.05, 0.1) is 11.4 Å². The Bertz CT molecular complexity index is 420. The molecule has 0 saturated carbocycles. The maximum Gasteiger partial charge on any atom is 0.150 e. The van der Waals surface area contributed by atoms with Crippen LogP contribution in [0.1, 0.15) is 66.0 Å². The van der Waals surface area contributed by atoms with Crippen LogP contribution in [0.2, 0.25) is 0 Å². The molecule has 0 amide bonds. The number of rotatable bonds is 8. The SMILES string of the molecule is CC(C)CCN(CCC(C)C)c1c(N)c(C(C)C)nn1C. The fraction of sp³-hybridized carbons (Fsp3) is 0.824. The Kier molecular flexibility index (Phi) is 6.56. The number of nitrogen functional groups attached to an aromatic ring is 1. The molecule has 0 bridgehead atoms. The molecule has 0 aliphatic carbocycles. The van der Waals surface area contributed by atoms with Crippen LogP contribution in [0.5, 0.6) is 0 Å². The lowest BCUT2D eigenvalue weighted by molar-refractivity contribution is 0.527. The third kappa shape index (κ3) is 4.94. The minimum absolute atomic E-state index is 0.363. The van der Waals surface area contributed by atoms with Crippen LogP contribution < -0.4 is 10.6 Å². The number of anilines is 2. The summed E-state index contributed by atoms with van der Waals surface area (Å²) in [5.41, 5.74) is 8.27. The number of hydrogen-bond acceptors (Lipinski definition) is 3. The molecule has 0 aliphatic heterocycles. The molecular formula is C17H34N4. The fourth-order valence-corrected chi connectivity index (χ4v) is 2.50. The molecule has 122 valence electrons. The predicted molar refractivity (Wildman–Crippen MR) is 92.8 cm³/mol. The molecule has 1 heterocycles. The summed E-state index contributed by atoms with van der Waals surface area (Å²) in [7, 11) is 2.01.